The van der Waals surface area contributed by atoms with Crippen molar-refractivity contribution in [1.82, 2.24) is 9.78 Å². The second-order valence-electron chi connectivity index (χ2n) is 5.26. The summed E-state index contributed by atoms with van der Waals surface area (Å²) in [5.74, 6) is 0.337. The van der Waals surface area contributed by atoms with Gasteiger partial charge in [-0.25, -0.2) is 4.79 Å². The van der Waals surface area contributed by atoms with Gasteiger partial charge in [0.25, 0.3) is 0 Å². The van der Waals surface area contributed by atoms with Crippen molar-refractivity contribution in [2.45, 2.75) is 31.7 Å². The first kappa shape index (κ1) is 13.7. The van der Waals surface area contributed by atoms with Crippen LogP contribution < -0.4 is 4.74 Å². The van der Waals surface area contributed by atoms with Crippen LogP contribution in [0.25, 0.3) is 0 Å². The molecule has 5 heteroatoms. The van der Waals surface area contributed by atoms with Crippen LogP contribution in [-0.2, 0) is 6.54 Å². The number of carbonyl (C=O) groups is 1. The van der Waals surface area contributed by atoms with Crippen LogP contribution in [0.2, 0.25) is 0 Å². The summed E-state index contributed by atoms with van der Waals surface area (Å²) in [7, 11) is 0. The van der Waals surface area contributed by atoms with Gasteiger partial charge in [-0.05, 0) is 25.0 Å². The Kier molecular flexibility index (Phi) is 3.90. The summed E-state index contributed by atoms with van der Waals surface area (Å²) in [4.78, 5) is 11.2. The number of para-hydroxylation sites is 1. The molecular weight excluding hydrogens is 268 g/mol. The largest absolute Gasteiger partial charge is 0.494 e. The first-order chi connectivity index (χ1) is 10.3. The summed E-state index contributed by atoms with van der Waals surface area (Å²) in [5, 5.41) is 13.4. The number of aryl methyl sites for hydroxylation is 1. The number of hydrogen-bond acceptors (Lipinski definition) is 3. The average molecular weight is 286 g/mol. The zero-order valence-corrected chi connectivity index (χ0v) is 11.7. The van der Waals surface area contributed by atoms with E-state index in [4.69, 9.17) is 4.74 Å². The Labute approximate surface area is 123 Å². The average Bonchev–Trinajstić information content (AvgIpc) is 3.24. The molecule has 3 rings (SSSR count). The number of carboxylic acid groups (broad SMARTS) is 1. The van der Waals surface area contributed by atoms with Crippen LogP contribution in [0.3, 0.4) is 0 Å². The maximum atomic E-state index is 11.2. The van der Waals surface area contributed by atoms with Crippen molar-refractivity contribution in [3.8, 4) is 5.75 Å². The fourth-order valence-corrected chi connectivity index (χ4v) is 2.45. The number of benzene rings is 1. The number of ether oxygens (including phenoxy) is 1. The van der Waals surface area contributed by atoms with Gasteiger partial charge in [0.15, 0.2) is 0 Å². The van der Waals surface area contributed by atoms with Crippen LogP contribution in [0, 0.1) is 0 Å². The van der Waals surface area contributed by atoms with Gasteiger partial charge in [-0.1, -0.05) is 18.2 Å². The van der Waals surface area contributed by atoms with Gasteiger partial charge in [-0.15, -0.1) is 0 Å². The normalized spacial score (nSPS) is 14.1. The lowest BCUT2D eigenvalue weighted by Gasteiger charge is -2.09. The number of carboxylic acids is 1. The van der Waals surface area contributed by atoms with Gasteiger partial charge >= 0.3 is 5.97 Å². The molecule has 1 aromatic carbocycles. The molecule has 0 spiro atoms. The Bertz CT molecular complexity index is 618. The van der Waals surface area contributed by atoms with Crippen LogP contribution in [0.4, 0.5) is 0 Å². The molecule has 0 unspecified atom stereocenters. The standard InChI is InChI=1S/C16H18N2O3/c19-16(20)14-11-17-18(15(14)12-7-8-12)9-4-10-21-13-5-2-1-3-6-13/h1-3,5-6,11-12H,4,7-10H2,(H,19,20). The first-order valence-corrected chi connectivity index (χ1v) is 7.22. The van der Waals surface area contributed by atoms with Gasteiger partial charge in [0.2, 0.25) is 0 Å². The number of aromatic carboxylic acids is 1. The zero-order valence-electron chi connectivity index (χ0n) is 11.7. The van der Waals surface area contributed by atoms with Crippen LogP contribution in [-0.4, -0.2) is 27.5 Å². The molecule has 1 N–H and O–H groups in total. The smallest absolute Gasteiger partial charge is 0.339 e. The molecular formula is C16H18N2O3. The van der Waals surface area contributed by atoms with Crippen molar-refractivity contribution >= 4 is 5.97 Å². The molecule has 1 aromatic heterocycles. The van der Waals surface area contributed by atoms with E-state index in [1.165, 1.54) is 6.20 Å². The van der Waals surface area contributed by atoms with Crippen molar-refractivity contribution < 1.29 is 14.6 Å². The Balaban J connectivity index is 1.57. The molecule has 0 amide bonds. The van der Waals surface area contributed by atoms with Crippen molar-refractivity contribution in [2.24, 2.45) is 0 Å². The lowest BCUT2D eigenvalue weighted by atomic mass is 10.2. The highest BCUT2D eigenvalue weighted by molar-refractivity contribution is 5.89. The summed E-state index contributed by atoms with van der Waals surface area (Å²) in [6.45, 7) is 1.28. The highest BCUT2D eigenvalue weighted by Crippen LogP contribution is 2.41. The van der Waals surface area contributed by atoms with E-state index >= 15 is 0 Å². The van der Waals surface area contributed by atoms with E-state index in [0.717, 1.165) is 30.7 Å². The quantitative estimate of drug-likeness (QED) is 0.795. The second-order valence-corrected chi connectivity index (χ2v) is 5.26. The number of rotatable bonds is 7. The van der Waals surface area contributed by atoms with Crippen molar-refractivity contribution in [1.29, 1.82) is 0 Å². The molecule has 2 aromatic rings. The Morgan fingerprint density at radius 1 is 1.33 bits per heavy atom. The van der Waals surface area contributed by atoms with Crippen molar-refractivity contribution in [3.63, 3.8) is 0 Å². The first-order valence-electron chi connectivity index (χ1n) is 7.22. The molecule has 0 aliphatic heterocycles. The molecule has 0 bridgehead atoms. The minimum absolute atomic E-state index is 0.349. The molecule has 1 aliphatic carbocycles. The fraction of sp³-hybridized carbons (Fsp3) is 0.375. The highest BCUT2D eigenvalue weighted by Gasteiger charge is 2.32. The predicted octanol–water partition coefficient (Wildman–Crippen LogP) is 2.93. The van der Waals surface area contributed by atoms with Gasteiger partial charge in [0, 0.05) is 18.9 Å². The van der Waals surface area contributed by atoms with Gasteiger partial charge < -0.3 is 9.84 Å². The van der Waals surface area contributed by atoms with Crippen LogP contribution >= 0.6 is 0 Å². The third-order valence-electron chi connectivity index (χ3n) is 3.60. The van der Waals surface area contributed by atoms with E-state index in [9.17, 15) is 9.90 Å². The Morgan fingerprint density at radius 3 is 2.76 bits per heavy atom. The van der Waals surface area contributed by atoms with Crippen molar-refractivity contribution in [2.75, 3.05) is 6.61 Å². The van der Waals surface area contributed by atoms with Crippen molar-refractivity contribution in [3.05, 3.63) is 47.8 Å². The topological polar surface area (TPSA) is 64.3 Å². The van der Waals surface area contributed by atoms with E-state index < -0.39 is 5.97 Å². The number of nitrogens with zero attached hydrogens (tertiary/aromatic N) is 2. The minimum Gasteiger partial charge on any atom is -0.494 e. The van der Waals surface area contributed by atoms with E-state index in [2.05, 4.69) is 5.10 Å². The third kappa shape index (κ3) is 3.24. The third-order valence-corrected chi connectivity index (χ3v) is 3.60. The highest BCUT2D eigenvalue weighted by atomic mass is 16.5. The van der Waals surface area contributed by atoms with E-state index in [-0.39, 0.29) is 0 Å². The molecule has 1 saturated carbocycles. The van der Waals surface area contributed by atoms with Gasteiger partial charge in [0.1, 0.15) is 11.3 Å². The molecule has 0 radical (unpaired) electrons. The molecule has 1 heterocycles. The van der Waals surface area contributed by atoms with Crippen LogP contribution in [0.1, 0.15) is 41.2 Å². The minimum atomic E-state index is -0.885. The Hall–Kier alpha value is -2.30. The molecule has 110 valence electrons. The van der Waals surface area contributed by atoms with Gasteiger partial charge in [-0.3, -0.25) is 4.68 Å². The SMILES string of the molecule is O=C(O)c1cnn(CCCOc2ccccc2)c1C1CC1. The lowest BCUT2D eigenvalue weighted by molar-refractivity contribution is 0.0695. The summed E-state index contributed by atoms with van der Waals surface area (Å²) >= 11 is 0. The van der Waals surface area contributed by atoms with E-state index in [1.807, 2.05) is 35.0 Å². The molecule has 5 nitrogen and oxygen atoms in total. The fourth-order valence-electron chi connectivity index (χ4n) is 2.45. The number of aromatic nitrogens is 2. The maximum Gasteiger partial charge on any atom is 0.339 e. The predicted molar refractivity (Wildman–Crippen MR) is 77.7 cm³/mol. The van der Waals surface area contributed by atoms with Crippen LogP contribution in [0.5, 0.6) is 5.75 Å². The molecule has 0 atom stereocenters. The van der Waals surface area contributed by atoms with Crippen LogP contribution in [0.15, 0.2) is 36.5 Å². The molecule has 0 saturated heterocycles. The van der Waals surface area contributed by atoms with E-state index in [0.29, 0.717) is 24.6 Å². The van der Waals surface area contributed by atoms with E-state index in [1.54, 1.807) is 0 Å². The summed E-state index contributed by atoms with van der Waals surface area (Å²) in [5.41, 5.74) is 1.23. The monoisotopic (exact) mass is 286 g/mol. The summed E-state index contributed by atoms with van der Waals surface area (Å²) in [6, 6.07) is 9.67. The Morgan fingerprint density at radius 2 is 2.10 bits per heavy atom. The number of hydrogen-bond donors (Lipinski definition) is 1. The van der Waals surface area contributed by atoms with Gasteiger partial charge in [0.05, 0.1) is 18.5 Å². The molecule has 1 fully saturated rings. The maximum absolute atomic E-state index is 11.2. The zero-order chi connectivity index (χ0) is 14.7. The lowest BCUT2D eigenvalue weighted by Crippen LogP contribution is -2.10. The summed E-state index contributed by atoms with van der Waals surface area (Å²) < 4.78 is 7.47. The second kappa shape index (κ2) is 5.99. The summed E-state index contributed by atoms with van der Waals surface area (Å²) in [6.07, 6.45) is 4.39. The molecule has 21 heavy (non-hydrogen) atoms. The molecule has 1 aliphatic rings. The van der Waals surface area contributed by atoms with Gasteiger partial charge in [-0.2, -0.15) is 5.10 Å².